The molecule has 0 N–H and O–H groups in total. The minimum atomic E-state index is 0.441. The first-order valence-corrected chi connectivity index (χ1v) is 6.65. The fourth-order valence-corrected chi connectivity index (χ4v) is 2.84. The van der Waals surface area contributed by atoms with Gasteiger partial charge in [-0.25, -0.2) is 0 Å². The van der Waals surface area contributed by atoms with Crippen molar-refractivity contribution in [3.63, 3.8) is 0 Å². The molecule has 17 heavy (non-hydrogen) atoms. The van der Waals surface area contributed by atoms with Crippen LogP contribution in [0.25, 0.3) is 0 Å². The number of nitrogens with zero attached hydrogens (tertiary/aromatic N) is 1. The first-order chi connectivity index (χ1) is 8.34. The van der Waals surface area contributed by atoms with Crippen molar-refractivity contribution in [2.45, 2.75) is 32.2 Å². The van der Waals surface area contributed by atoms with Crippen LogP contribution in [0.1, 0.15) is 37.8 Å². The first kappa shape index (κ1) is 10.8. The summed E-state index contributed by atoms with van der Waals surface area (Å²) < 4.78 is 8.38. The summed E-state index contributed by atoms with van der Waals surface area (Å²) in [6, 6.07) is 11.2. The second-order valence-corrected chi connectivity index (χ2v) is 5.26. The number of hydrogen-bond acceptors (Lipinski definition) is 1. The van der Waals surface area contributed by atoms with E-state index in [1.54, 1.807) is 0 Å². The molecule has 1 aromatic carbocycles. The quantitative estimate of drug-likeness (QED) is 0.676. The van der Waals surface area contributed by atoms with Crippen LogP contribution in [0.5, 0.6) is 0 Å². The third-order valence-electron chi connectivity index (χ3n) is 4.00. The lowest BCUT2D eigenvalue weighted by Crippen LogP contribution is -2.20. The van der Waals surface area contributed by atoms with Crippen LogP contribution >= 0.6 is 0 Å². The average molecular weight is 230 g/mol. The highest BCUT2D eigenvalue weighted by Crippen LogP contribution is 2.28. The van der Waals surface area contributed by atoms with Crippen LogP contribution in [0.2, 0.25) is 0 Å². The lowest BCUT2D eigenvalue weighted by atomic mass is 10.0. The topological polar surface area (TPSA) is 12.2 Å². The highest BCUT2D eigenvalue weighted by atomic mass is 16.5. The van der Waals surface area contributed by atoms with Gasteiger partial charge in [-0.2, -0.15) is 4.58 Å². The van der Waals surface area contributed by atoms with Crippen molar-refractivity contribution in [1.29, 1.82) is 0 Å². The Balaban J connectivity index is 1.87. The molecule has 0 radical (unpaired) electrons. The maximum Gasteiger partial charge on any atom is 0.337 e. The molecule has 2 heteroatoms. The van der Waals surface area contributed by atoms with Gasteiger partial charge < -0.3 is 4.74 Å². The van der Waals surface area contributed by atoms with E-state index in [1.807, 2.05) is 0 Å². The second kappa shape index (κ2) is 4.52. The van der Waals surface area contributed by atoms with Crippen molar-refractivity contribution in [3.8, 4) is 0 Å². The van der Waals surface area contributed by atoms with Crippen molar-refractivity contribution in [3.05, 3.63) is 35.9 Å². The Labute approximate surface area is 103 Å². The van der Waals surface area contributed by atoms with Gasteiger partial charge in [0.25, 0.3) is 0 Å². The predicted octanol–water partition coefficient (Wildman–Crippen LogP) is 2.99. The summed E-state index contributed by atoms with van der Waals surface area (Å²) in [6.45, 7) is 4.32. The Morgan fingerprint density at radius 3 is 2.82 bits per heavy atom. The zero-order valence-electron chi connectivity index (χ0n) is 10.4. The Kier molecular flexibility index (Phi) is 2.87. The fraction of sp³-hybridized carbons (Fsp3) is 0.533. The minimum Gasteiger partial charge on any atom is -0.441 e. The summed E-state index contributed by atoms with van der Waals surface area (Å²) in [5, 5.41) is 0. The maximum absolute atomic E-state index is 5.89. The number of benzene rings is 1. The zero-order chi connectivity index (χ0) is 11.7. The number of hydrogen-bond donors (Lipinski definition) is 0. The molecule has 3 rings (SSSR count). The zero-order valence-corrected chi connectivity index (χ0v) is 10.4. The van der Waals surface area contributed by atoms with Gasteiger partial charge in [-0.05, 0) is 12.3 Å². The first-order valence-electron chi connectivity index (χ1n) is 6.65. The second-order valence-electron chi connectivity index (χ2n) is 5.26. The monoisotopic (exact) mass is 230 g/mol. The molecule has 2 nitrogen and oxygen atoms in total. The van der Waals surface area contributed by atoms with Crippen molar-refractivity contribution >= 4 is 5.90 Å². The largest absolute Gasteiger partial charge is 0.441 e. The van der Waals surface area contributed by atoms with Crippen LogP contribution in [0.4, 0.5) is 0 Å². The standard InChI is InChI=1S/C15H20NO/c1-12-7-8-15-16(10-9-12)14(11-17-15)13-5-3-2-4-6-13/h2-6,12,14H,7-11H2,1H3/q+1/t12-,14+/m1/s1. The molecular weight excluding hydrogens is 210 g/mol. The Hall–Kier alpha value is -1.31. The molecule has 0 bridgehead atoms. The summed E-state index contributed by atoms with van der Waals surface area (Å²) in [4.78, 5) is 0. The molecule has 0 amide bonds. The highest BCUT2D eigenvalue weighted by Gasteiger charge is 2.37. The van der Waals surface area contributed by atoms with E-state index in [9.17, 15) is 0 Å². The average Bonchev–Trinajstić information content (AvgIpc) is 2.69. The van der Waals surface area contributed by atoms with Crippen molar-refractivity contribution < 1.29 is 9.31 Å². The normalized spacial score (nSPS) is 28.5. The molecule has 0 saturated heterocycles. The van der Waals surface area contributed by atoms with Gasteiger partial charge in [0.1, 0.15) is 6.54 Å². The third-order valence-corrected chi connectivity index (χ3v) is 4.00. The lowest BCUT2D eigenvalue weighted by molar-refractivity contribution is -0.563. The molecule has 0 spiro atoms. The minimum absolute atomic E-state index is 0.441. The molecule has 90 valence electrons. The smallest absolute Gasteiger partial charge is 0.337 e. The number of ether oxygens (including phenoxy) is 1. The van der Waals surface area contributed by atoms with E-state index in [0.29, 0.717) is 6.04 Å². The predicted molar refractivity (Wildman–Crippen MR) is 68.3 cm³/mol. The van der Waals surface area contributed by atoms with E-state index in [2.05, 4.69) is 41.8 Å². The van der Waals surface area contributed by atoms with Crippen LogP contribution in [-0.4, -0.2) is 23.6 Å². The van der Waals surface area contributed by atoms with Gasteiger partial charge in [0.15, 0.2) is 6.61 Å². The van der Waals surface area contributed by atoms with Crippen LogP contribution in [0, 0.1) is 5.92 Å². The van der Waals surface area contributed by atoms with Gasteiger partial charge in [0, 0.05) is 12.0 Å². The SMILES string of the molecule is C[C@@H]1CCC2=[N+](CC1)[C@H](c1ccccc1)CO2. The summed E-state index contributed by atoms with van der Waals surface area (Å²) in [5.41, 5.74) is 1.39. The molecule has 1 aromatic rings. The molecule has 0 saturated carbocycles. The molecule has 0 aromatic heterocycles. The van der Waals surface area contributed by atoms with Crippen LogP contribution < -0.4 is 0 Å². The lowest BCUT2D eigenvalue weighted by Gasteiger charge is -2.09. The highest BCUT2D eigenvalue weighted by molar-refractivity contribution is 5.72. The van der Waals surface area contributed by atoms with Gasteiger partial charge in [-0.15, -0.1) is 0 Å². The summed E-state index contributed by atoms with van der Waals surface area (Å²) in [7, 11) is 0. The Bertz CT molecular complexity index is 424. The van der Waals surface area contributed by atoms with Crippen LogP contribution in [0.3, 0.4) is 0 Å². The van der Waals surface area contributed by atoms with Crippen molar-refractivity contribution in [2.75, 3.05) is 13.2 Å². The van der Waals surface area contributed by atoms with E-state index < -0.39 is 0 Å². The number of rotatable bonds is 1. The fourth-order valence-electron chi connectivity index (χ4n) is 2.84. The molecule has 2 atom stereocenters. The van der Waals surface area contributed by atoms with Crippen LogP contribution in [0.15, 0.2) is 30.3 Å². The van der Waals surface area contributed by atoms with Gasteiger partial charge in [0.2, 0.25) is 6.04 Å². The maximum atomic E-state index is 5.89. The molecule has 2 aliphatic rings. The third kappa shape index (κ3) is 2.08. The van der Waals surface area contributed by atoms with Gasteiger partial charge in [0.05, 0.1) is 6.42 Å². The van der Waals surface area contributed by atoms with Gasteiger partial charge in [-0.1, -0.05) is 37.3 Å². The van der Waals surface area contributed by atoms with Gasteiger partial charge >= 0.3 is 5.90 Å². The van der Waals surface area contributed by atoms with E-state index in [-0.39, 0.29) is 0 Å². The van der Waals surface area contributed by atoms with E-state index in [0.717, 1.165) is 25.5 Å². The van der Waals surface area contributed by atoms with E-state index in [4.69, 9.17) is 4.74 Å². The summed E-state index contributed by atoms with van der Waals surface area (Å²) >= 11 is 0. The Morgan fingerprint density at radius 2 is 2.00 bits per heavy atom. The molecular formula is C15H20NO+. The molecule has 2 aliphatic heterocycles. The molecule has 0 aliphatic carbocycles. The van der Waals surface area contributed by atoms with Crippen molar-refractivity contribution in [1.82, 2.24) is 0 Å². The summed E-state index contributed by atoms with van der Waals surface area (Å²) in [6.07, 6.45) is 3.67. The van der Waals surface area contributed by atoms with Crippen LogP contribution in [-0.2, 0) is 4.74 Å². The summed E-state index contributed by atoms with van der Waals surface area (Å²) in [5.74, 6) is 2.05. The molecule has 2 heterocycles. The molecule has 0 unspecified atom stereocenters. The van der Waals surface area contributed by atoms with E-state index in [1.165, 1.54) is 24.3 Å². The molecule has 0 fully saturated rings. The van der Waals surface area contributed by atoms with E-state index >= 15 is 0 Å². The Morgan fingerprint density at radius 1 is 1.18 bits per heavy atom. The van der Waals surface area contributed by atoms with Crippen molar-refractivity contribution in [2.24, 2.45) is 5.92 Å². The van der Waals surface area contributed by atoms with Gasteiger partial charge in [-0.3, -0.25) is 0 Å².